The van der Waals surface area contributed by atoms with Gasteiger partial charge in [0.25, 0.3) is 0 Å². The molecule has 1 aromatic carbocycles. The monoisotopic (exact) mass is 422 g/mol. The smallest absolute Gasteiger partial charge is 0.244 e. The van der Waals surface area contributed by atoms with E-state index in [1.54, 1.807) is 0 Å². The third-order valence-corrected chi connectivity index (χ3v) is 6.47. The topological polar surface area (TPSA) is 126 Å². The molecule has 0 saturated carbocycles. The van der Waals surface area contributed by atoms with Gasteiger partial charge in [-0.1, -0.05) is 0 Å². The van der Waals surface area contributed by atoms with Crippen molar-refractivity contribution in [3.05, 3.63) is 42.2 Å². The van der Waals surface area contributed by atoms with Crippen molar-refractivity contribution in [2.75, 3.05) is 19.4 Å². The lowest BCUT2D eigenvalue weighted by Gasteiger charge is -2.07. The van der Waals surface area contributed by atoms with Crippen LogP contribution in [0.5, 0.6) is 0 Å². The summed E-state index contributed by atoms with van der Waals surface area (Å²) >= 11 is 0. The van der Waals surface area contributed by atoms with E-state index < -0.39 is 53.9 Å². The molecule has 148 valence electrons. The standard InChI is InChI=1S/C14H16F2N4O5S2/c1-17-26(22,23)12-6-20(7-13(12)27(24,25)18-2)8-14(21)19-11-4-3-9(15)5-10(11)16/h3-7,17-18H,8H2,1-2H3,(H,19,21). The molecule has 0 atom stereocenters. The average molecular weight is 422 g/mol. The van der Waals surface area contributed by atoms with Crippen molar-refractivity contribution >= 4 is 31.6 Å². The summed E-state index contributed by atoms with van der Waals surface area (Å²) in [6.07, 6.45) is 1.91. The van der Waals surface area contributed by atoms with Gasteiger partial charge in [0.1, 0.15) is 28.0 Å². The number of sulfonamides is 2. The van der Waals surface area contributed by atoms with E-state index in [9.17, 15) is 30.4 Å². The number of nitrogens with one attached hydrogen (secondary N) is 3. The lowest BCUT2D eigenvalue weighted by Crippen LogP contribution is -2.24. The minimum absolute atomic E-state index is 0.278. The number of hydrogen-bond donors (Lipinski definition) is 3. The van der Waals surface area contributed by atoms with E-state index in [0.29, 0.717) is 6.07 Å². The van der Waals surface area contributed by atoms with Gasteiger partial charge in [-0.25, -0.2) is 35.1 Å². The van der Waals surface area contributed by atoms with Crippen molar-refractivity contribution in [2.45, 2.75) is 16.3 Å². The normalized spacial score (nSPS) is 12.1. The van der Waals surface area contributed by atoms with Crippen molar-refractivity contribution in [2.24, 2.45) is 0 Å². The molecule has 3 N–H and O–H groups in total. The van der Waals surface area contributed by atoms with Gasteiger partial charge in [0, 0.05) is 18.5 Å². The van der Waals surface area contributed by atoms with E-state index in [1.807, 2.05) is 9.44 Å². The number of carbonyl (C=O) groups is 1. The van der Waals surface area contributed by atoms with Crippen LogP contribution in [-0.4, -0.2) is 41.4 Å². The number of anilines is 1. The Morgan fingerprint density at radius 3 is 1.96 bits per heavy atom. The second kappa shape index (κ2) is 7.72. The van der Waals surface area contributed by atoms with Gasteiger partial charge >= 0.3 is 0 Å². The Hall–Kier alpha value is -2.35. The van der Waals surface area contributed by atoms with Crippen molar-refractivity contribution < 1.29 is 30.4 Å². The summed E-state index contributed by atoms with van der Waals surface area (Å²) < 4.78 is 79.7. The summed E-state index contributed by atoms with van der Waals surface area (Å²) in [4.78, 5) is 10.9. The molecule has 0 saturated heterocycles. The van der Waals surface area contributed by atoms with Gasteiger partial charge in [-0.15, -0.1) is 0 Å². The number of carbonyl (C=O) groups excluding carboxylic acids is 1. The van der Waals surface area contributed by atoms with Crippen LogP contribution < -0.4 is 14.8 Å². The maximum absolute atomic E-state index is 13.6. The molecule has 1 heterocycles. The fraction of sp³-hybridized carbons (Fsp3) is 0.214. The highest BCUT2D eigenvalue weighted by molar-refractivity contribution is 7.92. The van der Waals surface area contributed by atoms with Gasteiger partial charge in [-0.05, 0) is 26.2 Å². The van der Waals surface area contributed by atoms with Crippen molar-refractivity contribution in [1.82, 2.24) is 14.0 Å². The molecule has 1 amide bonds. The summed E-state index contributed by atoms with van der Waals surface area (Å²) in [6.45, 7) is -0.512. The highest BCUT2D eigenvalue weighted by Gasteiger charge is 2.27. The largest absolute Gasteiger partial charge is 0.342 e. The van der Waals surface area contributed by atoms with Crippen LogP contribution in [-0.2, 0) is 31.4 Å². The van der Waals surface area contributed by atoms with Gasteiger partial charge in [0.05, 0.1) is 5.69 Å². The number of nitrogens with zero attached hydrogens (tertiary/aromatic N) is 1. The molecule has 0 aliphatic rings. The minimum Gasteiger partial charge on any atom is -0.342 e. The molecule has 9 nitrogen and oxygen atoms in total. The Labute approximate surface area is 154 Å². The quantitative estimate of drug-likeness (QED) is 0.589. The molecule has 1 aromatic heterocycles. The van der Waals surface area contributed by atoms with E-state index in [4.69, 9.17) is 0 Å². The van der Waals surface area contributed by atoms with Crippen molar-refractivity contribution in [3.8, 4) is 0 Å². The number of aromatic nitrogens is 1. The van der Waals surface area contributed by atoms with Crippen LogP contribution in [0.2, 0.25) is 0 Å². The number of amides is 1. The summed E-state index contributed by atoms with van der Waals surface area (Å²) in [5.41, 5.74) is -0.278. The number of benzene rings is 1. The fourth-order valence-electron chi connectivity index (χ4n) is 2.13. The maximum atomic E-state index is 13.6. The van der Waals surface area contributed by atoms with Crippen LogP contribution in [0, 0.1) is 11.6 Å². The molecule has 27 heavy (non-hydrogen) atoms. The number of hydrogen-bond acceptors (Lipinski definition) is 5. The predicted molar refractivity (Wildman–Crippen MR) is 91.9 cm³/mol. The summed E-state index contributed by atoms with van der Waals surface area (Å²) in [5.74, 6) is -2.59. The van der Waals surface area contributed by atoms with E-state index in [0.717, 1.165) is 43.2 Å². The molecule has 0 unspecified atom stereocenters. The molecule has 0 spiro atoms. The third kappa shape index (κ3) is 4.68. The zero-order valence-electron chi connectivity index (χ0n) is 14.2. The molecular weight excluding hydrogens is 406 g/mol. The van der Waals surface area contributed by atoms with E-state index in [2.05, 4.69) is 5.32 Å². The fourth-order valence-corrected chi connectivity index (χ4v) is 4.41. The summed E-state index contributed by atoms with van der Waals surface area (Å²) in [6, 6.07) is 2.55. The first kappa shape index (κ1) is 21.0. The van der Waals surface area contributed by atoms with Crippen molar-refractivity contribution in [3.63, 3.8) is 0 Å². The van der Waals surface area contributed by atoms with Crippen LogP contribution >= 0.6 is 0 Å². The van der Waals surface area contributed by atoms with Gasteiger partial charge < -0.3 is 9.88 Å². The Balaban J connectivity index is 2.34. The van der Waals surface area contributed by atoms with E-state index in [-0.39, 0.29) is 5.69 Å². The second-order valence-corrected chi connectivity index (χ2v) is 8.96. The lowest BCUT2D eigenvalue weighted by molar-refractivity contribution is -0.116. The molecule has 13 heteroatoms. The first-order chi connectivity index (χ1) is 12.5. The molecule has 2 rings (SSSR count). The summed E-state index contributed by atoms with van der Waals surface area (Å²) in [5, 5.41) is 2.19. The highest BCUT2D eigenvalue weighted by Crippen LogP contribution is 2.22. The van der Waals surface area contributed by atoms with Crippen LogP contribution in [0.4, 0.5) is 14.5 Å². The molecule has 0 aliphatic carbocycles. The van der Waals surface area contributed by atoms with Gasteiger partial charge in [-0.2, -0.15) is 0 Å². The molecule has 0 fully saturated rings. The Morgan fingerprint density at radius 1 is 1.00 bits per heavy atom. The van der Waals surface area contributed by atoms with Crippen LogP contribution in [0.15, 0.2) is 40.4 Å². The predicted octanol–water partition coefficient (Wildman–Crippen LogP) is 0.221. The molecule has 0 radical (unpaired) electrons. The highest BCUT2D eigenvalue weighted by atomic mass is 32.2. The second-order valence-electron chi connectivity index (χ2n) is 5.25. The Kier molecular flexibility index (Phi) is 5.99. The first-order valence-corrected chi connectivity index (χ1v) is 10.3. The maximum Gasteiger partial charge on any atom is 0.244 e. The zero-order chi connectivity index (χ0) is 20.4. The number of rotatable bonds is 7. The van der Waals surface area contributed by atoms with Crippen LogP contribution in [0.1, 0.15) is 0 Å². The molecule has 2 aromatic rings. The van der Waals surface area contributed by atoms with E-state index in [1.165, 1.54) is 0 Å². The Morgan fingerprint density at radius 2 is 1.52 bits per heavy atom. The van der Waals surface area contributed by atoms with Crippen LogP contribution in [0.3, 0.4) is 0 Å². The molecule has 0 aliphatic heterocycles. The van der Waals surface area contributed by atoms with Gasteiger partial charge in [-0.3, -0.25) is 4.79 Å². The molecular formula is C14H16F2N4O5S2. The van der Waals surface area contributed by atoms with E-state index >= 15 is 0 Å². The number of halogens is 2. The third-order valence-electron chi connectivity index (χ3n) is 3.46. The molecule has 0 bridgehead atoms. The first-order valence-electron chi connectivity index (χ1n) is 7.32. The summed E-state index contributed by atoms with van der Waals surface area (Å²) in [7, 11) is -6.05. The van der Waals surface area contributed by atoms with Gasteiger partial charge in [0.2, 0.25) is 26.0 Å². The van der Waals surface area contributed by atoms with Crippen molar-refractivity contribution in [1.29, 1.82) is 0 Å². The minimum atomic E-state index is -4.13. The Bertz CT molecular complexity index is 1030. The lowest BCUT2D eigenvalue weighted by atomic mass is 10.3. The van der Waals surface area contributed by atoms with Gasteiger partial charge in [0.15, 0.2) is 0 Å². The SMILES string of the molecule is CNS(=O)(=O)c1cn(CC(=O)Nc2ccc(F)cc2F)cc1S(=O)(=O)NC. The zero-order valence-corrected chi connectivity index (χ0v) is 15.8. The average Bonchev–Trinajstić information content (AvgIpc) is 3.03. The van der Waals surface area contributed by atoms with Crippen LogP contribution in [0.25, 0.3) is 0 Å².